The Kier molecular flexibility index (Phi) is 3.15. The number of aromatic nitrogens is 4. The van der Waals surface area contributed by atoms with Crippen LogP contribution in [0.3, 0.4) is 0 Å². The van der Waals surface area contributed by atoms with Gasteiger partial charge in [0.05, 0.1) is 18.2 Å². The Balaban J connectivity index is 1.67. The van der Waals surface area contributed by atoms with E-state index in [2.05, 4.69) is 26.2 Å². The molecule has 96 valence electrons. The molecule has 5 heteroatoms. The molecule has 3 rings (SSSR count). The molecule has 1 fully saturated rings. The van der Waals surface area contributed by atoms with Crippen LogP contribution in [-0.2, 0) is 20.0 Å². The Hall–Kier alpha value is -1.62. The van der Waals surface area contributed by atoms with Crippen molar-refractivity contribution in [2.75, 3.05) is 6.54 Å². The first kappa shape index (κ1) is 11.5. The summed E-state index contributed by atoms with van der Waals surface area (Å²) in [6.07, 6.45) is 11.4. The van der Waals surface area contributed by atoms with Crippen LogP contribution < -0.4 is 5.32 Å². The van der Waals surface area contributed by atoms with Crippen molar-refractivity contribution in [1.82, 2.24) is 24.6 Å². The van der Waals surface area contributed by atoms with Crippen LogP contribution in [0.4, 0.5) is 0 Å². The van der Waals surface area contributed by atoms with Crippen LogP contribution in [0.25, 0.3) is 0 Å². The summed E-state index contributed by atoms with van der Waals surface area (Å²) in [4.78, 5) is 4.29. The number of hydrogen-bond donors (Lipinski definition) is 1. The molecule has 0 aliphatic carbocycles. The summed E-state index contributed by atoms with van der Waals surface area (Å²) in [6, 6.07) is 0.487. The predicted octanol–water partition coefficient (Wildman–Crippen LogP) is 1.28. The summed E-state index contributed by atoms with van der Waals surface area (Å²) < 4.78 is 4.11. The van der Waals surface area contributed by atoms with Crippen LogP contribution >= 0.6 is 0 Å². The second-order valence-corrected chi connectivity index (χ2v) is 4.93. The van der Waals surface area contributed by atoms with E-state index in [4.69, 9.17) is 0 Å². The molecule has 2 aromatic rings. The largest absolute Gasteiger partial charge is 0.333 e. The van der Waals surface area contributed by atoms with E-state index in [9.17, 15) is 0 Å². The average molecular weight is 245 g/mol. The molecule has 3 heterocycles. The number of aryl methyl sites for hydroxylation is 3. The molecule has 18 heavy (non-hydrogen) atoms. The lowest BCUT2D eigenvalue weighted by Gasteiger charge is -2.13. The van der Waals surface area contributed by atoms with Crippen LogP contribution in [-0.4, -0.2) is 25.9 Å². The molecule has 0 bridgehead atoms. The normalized spacial score (nSPS) is 19.5. The van der Waals surface area contributed by atoms with Crippen molar-refractivity contribution in [3.63, 3.8) is 0 Å². The maximum atomic E-state index is 4.29. The third kappa shape index (κ3) is 2.31. The summed E-state index contributed by atoms with van der Waals surface area (Å²) >= 11 is 0. The van der Waals surface area contributed by atoms with Gasteiger partial charge in [0.2, 0.25) is 0 Å². The van der Waals surface area contributed by atoms with Crippen molar-refractivity contribution in [3.8, 4) is 0 Å². The molecular weight excluding hydrogens is 226 g/mol. The summed E-state index contributed by atoms with van der Waals surface area (Å²) in [5.41, 5.74) is 2.59. The highest BCUT2D eigenvalue weighted by molar-refractivity contribution is 5.09. The third-order valence-corrected chi connectivity index (χ3v) is 3.56. The zero-order valence-electron chi connectivity index (χ0n) is 10.7. The summed E-state index contributed by atoms with van der Waals surface area (Å²) in [6.45, 7) is 2.09. The van der Waals surface area contributed by atoms with E-state index < -0.39 is 0 Å². The molecule has 1 unspecified atom stereocenters. The quantitative estimate of drug-likeness (QED) is 0.883. The summed E-state index contributed by atoms with van der Waals surface area (Å²) in [7, 11) is 1.95. The number of imidazole rings is 1. The smallest absolute Gasteiger partial charge is 0.0948 e. The molecule has 1 saturated heterocycles. The van der Waals surface area contributed by atoms with Gasteiger partial charge < -0.3 is 9.88 Å². The van der Waals surface area contributed by atoms with Gasteiger partial charge >= 0.3 is 0 Å². The van der Waals surface area contributed by atoms with Crippen molar-refractivity contribution in [1.29, 1.82) is 0 Å². The van der Waals surface area contributed by atoms with Gasteiger partial charge in [0.15, 0.2) is 0 Å². The van der Waals surface area contributed by atoms with Crippen LogP contribution in [0.1, 0.15) is 30.1 Å². The van der Waals surface area contributed by atoms with Gasteiger partial charge in [-0.15, -0.1) is 0 Å². The molecule has 0 saturated carbocycles. The molecular formula is C13H19N5. The van der Waals surface area contributed by atoms with E-state index in [1.807, 2.05) is 30.5 Å². The lowest BCUT2D eigenvalue weighted by molar-refractivity contribution is 0.563. The minimum absolute atomic E-state index is 0.487. The van der Waals surface area contributed by atoms with Gasteiger partial charge in [-0.3, -0.25) is 4.68 Å². The Labute approximate surface area is 107 Å². The second-order valence-electron chi connectivity index (χ2n) is 4.93. The highest BCUT2D eigenvalue weighted by Gasteiger charge is 2.19. The van der Waals surface area contributed by atoms with Gasteiger partial charge in [-0.25, -0.2) is 4.98 Å². The van der Waals surface area contributed by atoms with E-state index in [1.54, 1.807) is 0 Å². The van der Waals surface area contributed by atoms with Crippen molar-refractivity contribution < 1.29 is 0 Å². The average Bonchev–Trinajstić information content (AvgIpc) is 3.07. The molecule has 5 nitrogen and oxygen atoms in total. The Morgan fingerprint density at radius 2 is 2.39 bits per heavy atom. The van der Waals surface area contributed by atoms with E-state index in [0.717, 1.165) is 19.5 Å². The van der Waals surface area contributed by atoms with Gasteiger partial charge in [-0.2, -0.15) is 5.10 Å². The van der Waals surface area contributed by atoms with E-state index in [0.29, 0.717) is 6.04 Å². The molecule has 0 spiro atoms. The maximum Gasteiger partial charge on any atom is 0.0948 e. The molecule has 0 aromatic carbocycles. The van der Waals surface area contributed by atoms with Crippen LogP contribution in [0, 0.1) is 0 Å². The van der Waals surface area contributed by atoms with Gasteiger partial charge in [0.1, 0.15) is 0 Å². The highest BCUT2D eigenvalue weighted by Crippen LogP contribution is 2.22. The first-order valence-corrected chi connectivity index (χ1v) is 6.54. The Morgan fingerprint density at radius 1 is 1.44 bits per heavy atom. The third-order valence-electron chi connectivity index (χ3n) is 3.56. The molecule has 1 aliphatic rings. The lowest BCUT2D eigenvalue weighted by atomic mass is 10.1. The number of nitrogens with zero attached hydrogens (tertiary/aromatic N) is 4. The van der Waals surface area contributed by atoms with Gasteiger partial charge in [-0.1, -0.05) is 0 Å². The zero-order valence-corrected chi connectivity index (χ0v) is 10.7. The minimum Gasteiger partial charge on any atom is -0.333 e. The van der Waals surface area contributed by atoms with Gasteiger partial charge in [0, 0.05) is 32.0 Å². The van der Waals surface area contributed by atoms with E-state index >= 15 is 0 Å². The molecule has 1 aliphatic heterocycles. The molecule has 0 radical (unpaired) electrons. The first-order chi connectivity index (χ1) is 8.83. The number of hydrogen-bond acceptors (Lipinski definition) is 3. The van der Waals surface area contributed by atoms with Crippen molar-refractivity contribution in [3.05, 3.63) is 36.2 Å². The fourth-order valence-electron chi connectivity index (χ4n) is 2.60. The monoisotopic (exact) mass is 245 g/mol. The maximum absolute atomic E-state index is 4.29. The van der Waals surface area contributed by atoms with E-state index in [1.165, 1.54) is 24.1 Å². The number of rotatable bonds is 4. The molecule has 2 aromatic heterocycles. The van der Waals surface area contributed by atoms with Crippen LogP contribution in [0.2, 0.25) is 0 Å². The van der Waals surface area contributed by atoms with Crippen molar-refractivity contribution in [2.24, 2.45) is 7.05 Å². The minimum atomic E-state index is 0.487. The van der Waals surface area contributed by atoms with Gasteiger partial charge in [0.25, 0.3) is 0 Å². The Bertz CT molecular complexity index is 507. The molecule has 1 N–H and O–H groups in total. The Morgan fingerprint density at radius 3 is 3.11 bits per heavy atom. The van der Waals surface area contributed by atoms with Crippen molar-refractivity contribution in [2.45, 2.75) is 31.8 Å². The summed E-state index contributed by atoms with van der Waals surface area (Å²) in [5, 5.41) is 7.72. The van der Waals surface area contributed by atoms with Crippen LogP contribution in [0.5, 0.6) is 0 Å². The molecule has 1 atom stereocenters. The van der Waals surface area contributed by atoms with Crippen molar-refractivity contribution >= 4 is 0 Å². The zero-order chi connectivity index (χ0) is 12.4. The fraction of sp³-hybridized carbons (Fsp3) is 0.538. The SMILES string of the molecule is Cn1cc(CCn2cncc2C2CCCN2)cn1. The topological polar surface area (TPSA) is 47.7 Å². The summed E-state index contributed by atoms with van der Waals surface area (Å²) in [5.74, 6) is 0. The standard InChI is InChI=1S/C13H19N5/c1-17-9-11(7-16-17)4-6-18-10-14-8-13(18)12-3-2-5-15-12/h7-10,12,15H,2-6H2,1H3. The van der Waals surface area contributed by atoms with E-state index in [-0.39, 0.29) is 0 Å². The van der Waals surface area contributed by atoms with Gasteiger partial charge in [-0.05, 0) is 31.4 Å². The number of nitrogens with one attached hydrogen (secondary N) is 1. The predicted molar refractivity (Wildman–Crippen MR) is 69.1 cm³/mol. The fourth-order valence-corrected chi connectivity index (χ4v) is 2.60. The highest BCUT2D eigenvalue weighted by atomic mass is 15.2. The molecule has 0 amide bonds. The first-order valence-electron chi connectivity index (χ1n) is 6.54. The second kappa shape index (κ2) is 4.94. The van der Waals surface area contributed by atoms with Crippen LogP contribution in [0.15, 0.2) is 24.9 Å². The lowest BCUT2D eigenvalue weighted by Crippen LogP contribution is -2.17.